The molecule has 0 fully saturated rings. The molecule has 8 heteroatoms. The van der Waals surface area contributed by atoms with E-state index in [1.807, 2.05) is 36.6 Å². The molecule has 0 unspecified atom stereocenters. The number of hydrogen-bond donors (Lipinski definition) is 2. The topological polar surface area (TPSA) is 88.2 Å². The predicted octanol–water partition coefficient (Wildman–Crippen LogP) is 3.42. The van der Waals surface area contributed by atoms with E-state index in [9.17, 15) is 13.2 Å². The third-order valence-electron chi connectivity index (χ3n) is 3.81. The molecule has 6 nitrogen and oxygen atoms in total. The summed E-state index contributed by atoms with van der Waals surface area (Å²) in [6, 6.07) is 14.3. The highest BCUT2D eigenvalue weighted by Gasteiger charge is 2.10. The van der Waals surface area contributed by atoms with E-state index in [-0.39, 0.29) is 5.91 Å². The smallest absolute Gasteiger partial charge is 0.251 e. The fraction of sp³-hybridized carbons (Fsp3) is 0.158. The molecular weight excluding hydrogens is 382 g/mol. The second kappa shape index (κ2) is 7.89. The van der Waals surface area contributed by atoms with Gasteiger partial charge in [-0.25, -0.2) is 13.4 Å². The number of benzene rings is 2. The lowest BCUT2D eigenvalue weighted by Crippen LogP contribution is -2.23. The number of thiazole rings is 1. The molecule has 2 aromatic carbocycles. The van der Waals surface area contributed by atoms with Crippen LogP contribution in [0.2, 0.25) is 0 Å². The normalized spacial score (nSPS) is 11.2. The maximum Gasteiger partial charge on any atom is 0.251 e. The van der Waals surface area contributed by atoms with Crippen molar-refractivity contribution in [2.24, 2.45) is 0 Å². The molecule has 0 bridgehead atoms. The minimum absolute atomic E-state index is 0.244. The van der Waals surface area contributed by atoms with Crippen LogP contribution in [0, 0.1) is 6.92 Å². The minimum atomic E-state index is -3.34. The highest BCUT2D eigenvalue weighted by Crippen LogP contribution is 2.26. The number of sulfonamides is 1. The molecule has 0 aliphatic heterocycles. The molecule has 0 radical (unpaired) electrons. The van der Waals surface area contributed by atoms with Gasteiger partial charge in [0.2, 0.25) is 10.0 Å². The van der Waals surface area contributed by atoms with Gasteiger partial charge in [-0.3, -0.25) is 9.52 Å². The molecule has 1 aromatic heterocycles. The van der Waals surface area contributed by atoms with Crippen molar-refractivity contribution >= 4 is 33.0 Å². The Morgan fingerprint density at radius 3 is 2.48 bits per heavy atom. The maximum atomic E-state index is 12.3. The Morgan fingerprint density at radius 1 is 1.11 bits per heavy atom. The highest BCUT2D eigenvalue weighted by molar-refractivity contribution is 7.92. The van der Waals surface area contributed by atoms with Crippen molar-refractivity contribution in [3.05, 3.63) is 70.7 Å². The summed E-state index contributed by atoms with van der Waals surface area (Å²) >= 11 is 1.54. The Balaban J connectivity index is 1.62. The van der Waals surface area contributed by atoms with Crippen molar-refractivity contribution in [1.82, 2.24) is 10.3 Å². The van der Waals surface area contributed by atoms with Gasteiger partial charge in [-0.2, -0.15) is 0 Å². The summed E-state index contributed by atoms with van der Waals surface area (Å²) in [5.41, 5.74) is 3.90. The molecule has 1 amide bonds. The molecule has 1 heterocycles. The zero-order valence-corrected chi connectivity index (χ0v) is 16.5. The van der Waals surface area contributed by atoms with E-state index in [1.54, 1.807) is 35.6 Å². The Hall–Kier alpha value is -2.71. The van der Waals surface area contributed by atoms with Crippen molar-refractivity contribution < 1.29 is 13.2 Å². The van der Waals surface area contributed by atoms with E-state index in [4.69, 9.17) is 0 Å². The van der Waals surface area contributed by atoms with Gasteiger partial charge in [0.1, 0.15) is 5.01 Å². The van der Waals surface area contributed by atoms with Crippen molar-refractivity contribution in [2.75, 3.05) is 11.0 Å². The lowest BCUT2D eigenvalue weighted by atomic mass is 10.1. The average Bonchev–Trinajstić information content (AvgIpc) is 3.08. The fourth-order valence-electron chi connectivity index (χ4n) is 2.50. The van der Waals surface area contributed by atoms with Gasteiger partial charge in [0.15, 0.2) is 0 Å². The lowest BCUT2D eigenvalue weighted by Gasteiger charge is -2.06. The van der Waals surface area contributed by atoms with Crippen LogP contribution >= 0.6 is 11.3 Å². The van der Waals surface area contributed by atoms with Gasteiger partial charge in [-0.1, -0.05) is 24.3 Å². The van der Waals surface area contributed by atoms with Crippen LogP contribution in [0.25, 0.3) is 10.6 Å². The second-order valence-corrected chi connectivity index (χ2v) is 8.70. The van der Waals surface area contributed by atoms with Crippen molar-refractivity contribution in [2.45, 2.75) is 13.5 Å². The van der Waals surface area contributed by atoms with Crippen LogP contribution in [0.5, 0.6) is 0 Å². The van der Waals surface area contributed by atoms with E-state index < -0.39 is 10.0 Å². The number of nitrogens with one attached hydrogen (secondary N) is 2. The second-order valence-electron chi connectivity index (χ2n) is 6.09. The van der Waals surface area contributed by atoms with Gasteiger partial charge >= 0.3 is 0 Å². The van der Waals surface area contributed by atoms with Crippen molar-refractivity contribution in [3.63, 3.8) is 0 Å². The third-order valence-corrected chi connectivity index (χ3v) is 5.34. The molecule has 3 rings (SSSR count). The number of anilines is 1. The average molecular weight is 402 g/mol. The van der Waals surface area contributed by atoms with Gasteiger partial charge in [0.25, 0.3) is 5.91 Å². The van der Waals surface area contributed by atoms with Crippen molar-refractivity contribution in [1.29, 1.82) is 0 Å². The Kier molecular flexibility index (Phi) is 5.57. The summed E-state index contributed by atoms with van der Waals surface area (Å²) in [5.74, 6) is -0.244. The third kappa shape index (κ3) is 5.15. The van der Waals surface area contributed by atoms with E-state index in [0.717, 1.165) is 28.1 Å². The molecule has 140 valence electrons. The largest absolute Gasteiger partial charge is 0.346 e. The SMILES string of the molecule is Cc1ccccc1-c1nc(CNC(=O)c2ccc(NS(C)(=O)=O)cc2)cs1. The van der Waals surface area contributed by atoms with E-state index in [1.165, 1.54) is 0 Å². The number of aryl methyl sites for hydroxylation is 1. The number of nitrogens with zero attached hydrogens (tertiary/aromatic N) is 1. The number of rotatable bonds is 6. The number of carbonyl (C=O) groups is 1. The predicted molar refractivity (Wildman–Crippen MR) is 108 cm³/mol. The number of aromatic nitrogens is 1. The van der Waals surface area contributed by atoms with Crippen LogP contribution in [-0.2, 0) is 16.6 Å². The standard InChI is InChI=1S/C19H19N3O3S2/c1-13-5-3-4-6-17(13)19-21-16(12-26-19)11-20-18(23)14-7-9-15(10-8-14)22-27(2,24)25/h3-10,12,22H,11H2,1-2H3,(H,20,23). The van der Waals surface area contributed by atoms with Gasteiger partial charge in [-0.05, 0) is 36.8 Å². The van der Waals surface area contributed by atoms with Gasteiger partial charge in [-0.15, -0.1) is 11.3 Å². The van der Waals surface area contributed by atoms with Crippen LogP contribution in [-0.4, -0.2) is 25.6 Å². The quantitative estimate of drug-likeness (QED) is 0.662. The highest BCUT2D eigenvalue weighted by atomic mass is 32.2. The van der Waals surface area contributed by atoms with Crippen LogP contribution in [0.15, 0.2) is 53.9 Å². The molecule has 0 spiro atoms. The summed E-state index contributed by atoms with van der Waals surface area (Å²) in [4.78, 5) is 16.9. The van der Waals surface area contributed by atoms with Crippen molar-refractivity contribution in [3.8, 4) is 10.6 Å². The molecule has 3 aromatic rings. The van der Waals surface area contributed by atoms with Crippen LogP contribution in [0.4, 0.5) is 5.69 Å². The molecule has 0 atom stereocenters. The zero-order chi connectivity index (χ0) is 19.4. The number of hydrogen-bond acceptors (Lipinski definition) is 5. The fourth-order valence-corrected chi connectivity index (χ4v) is 3.98. The molecule has 0 aliphatic carbocycles. The van der Waals surface area contributed by atoms with Gasteiger partial charge < -0.3 is 5.32 Å². The molecule has 0 saturated carbocycles. The summed E-state index contributed by atoms with van der Waals surface area (Å²) < 4.78 is 24.8. The maximum absolute atomic E-state index is 12.3. The van der Waals surface area contributed by atoms with E-state index in [2.05, 4.69) is 15.0 Å². The molecule has 0 aliphatic rings. The first kappa shape index (κ1) is 19.1. The molecule has 2 N–H and O–H groups in total. The Labute approximate surface area is 162 Å². The number of carbonyl (C=O) groups excluding carboxylic acids is 1. The van der Waals surface area contributed by atoms with Crippen LogP contribution < -0.4 is 10.0 Å². The molecular formula is C19H19N3O3S2. The van der Waals surface area contributed by atoms with E-state index >= 15 is 0 Å². The minimum Gasteiger partial charge on any atom is -0.346 e. The monoisotopic (exact) mass is 401 g/mol. The van der Waals surface area contributed by atoms with Crippen LogP contribution in [0.1, 0.15) is 21.6 Å². The first-order chi connectivity index (χ1) is 12.8. The first-order valence-corrected chi connectivity index (χ1v) is 11.0. The summed E-state index contributed by atoms with van der Waals surface area (Å²) in [7, 11) is -3.34. The number of amides is 1. The van der Waals surface area contributed by atoms with Gasteiger partial charge in [0.05, 0.1) is 18.5 Å². The Bertz CT molecular complexity index is 1060. The Morgan fingerprint density at radius 2 is 1.81 bits per heavy atom. The first-order valence-electron chi connectivity index (χ1n) is 8.18. The van der Waals surface area contributed by atoms with E-state index in [0.29, 0.717) is 17.8 Å². The molecule has 0 saturated heterocycles. The lowest BCUT2D eigenvalue weighted by molar-refractivity contribution is 0.0950. The summed E-state index contributed by atoms with van der Waals surface area (Å²) in [6.07, 6.45) is 1.08. The van der Waals surface area contributed by atoms with Gasteiger partial charge in [0, 0.05) is 22.2 Å². The van der Waals surface area contributed by atoms with Crippen LogP contribution in [0.3, 0.4) is 0 Å². The molecule has 27 heavy (non-hydrogen) atoms. The summed E-state index contributed by atoms with van der Waals surface area (Å²) in [6.45, 7) is 2.37. The zero-order valence-electron chi connectivity index (χ0n) is 14.9. The summed E-state index contributed by atoms with van der Waals surface area (Å²) in [5, 5.41) is 5.69.